The first-order valence-electron chi connectivity index (χ1n) is 7.87. The fraction of sp³-hybridized carbons (Fsp3) is 0.0500. The van der Waals surface area contributed by atoms with Crippen molar-refractivity contribution in [3.63, 3.8) is 0 Å². The Hall–Kier alpha value is -3.47. The first-order chi connectivity index (χ1) is 12.2. The first kappa shape index (κ1) is 16.4. The molecule has 0 unspecified atom stereocenters. The number of hydrogen-bond donors (Lipinski definition) is 2. The molecule has 1 heterocycles. The fourth-order valence-corrected chi connectivity index (χ4v) is 2.34. The summed E-state index contributed by atoms with van der Waals surface area (Å²) in [5.74, 6) is -0.575. The van der Waals surface area contributed by atoms with Crippen molar-refractivity contribution in [1.29, 1.82) is 0 Å². The maximum absolute atomic E-state index is 12.5. The summed E-state index contributed by atoms with van der Waals surface area (Å²) in [5, 5.41) is 5.63. The van der Waals surface area contributed by atoms with E-state index in [1.165, 1.54) is 0 Å². The van der Waals surface area contributed by atoms with Crippen molar-refractivity contribution in [2.24, 2.45) is 0 Å². The maximum Gasteiger partial charge on any atom is 0.253 e. The Morgan fingerprint density at radius 1 is 0.680 bits per heavy atom. The number of rotatable bonds is 5. The Morgan fingerprint density at radius 2 is 1.16 bits per heavy atom. The van der Waals surface area contributed by atoms with Gasteiger partial charge < -0.3 is 10.6 Å². The van der Waals surface area contributed by atoms with E-state index in [4.69, 9.17) is 0 Å². The molecule has 1 aromatic heterocycles. The van der Waals surface area contributed by atoms with Crippen LogP contribution < -0.4 is 10.6 Å². The van der Waals surface area contributed by atoms with Gasteiger partial charge in [0, 0.05) is 17.3 Å². The topological polar surface area (TPSA) is 71.1 Å². The molecule has 0 radical (unpaired) electrons. The second kappa shape index (κ2) is 7.88. The number of pyridine rings is 1. The van der Waals surface area contributed by atoms with E-state index in [9.17, 15) is 9.59 Å². The van der Waals surface area contributed by atoms with E-state index in [1.54, 1.807) is 72.9 Å². The van der Waals surface area contributed by atoms with Crippen LogP contribution in [0.1, 0.15) is 32.6 Å². The van der Waals surface area contributed by atoms with Crippen molar-refractivity contribution >= 4 is 11.8 Å². The van der Waals surface area contributed by atoms with Crippen LogP contribution in [-0.4, -0.2) is 16.8 Å². The van der Waals surface area contributed by atoms with Crippen molar-refractivity contribution in [2.75, 3.05) is 0 Å². The number of hydrogen-bond acceptors (Lipinski definition) is 3. The predicted molar refractivity (Wildman–Crippen MR) is 94.8 cm³/mol. The van der Waals surface area contributed by atoms with Gasteiger partial charge in [0.1, 0.15) is 6.17 Å². The van der Waals surface area contributed by atoms with Gasteiger partial charge in [0.2, 0.25) is 0 Å². The molecule has 0 saturated heterocycles. The molecular formula is C20H17N3O2. The largest absolute Gasteiger partial charge is 0.327 e. The summed E-state index contributed by atoms with van der Waals surface area (Å²) in [7, 11) is 0. The van der Waals surface area contributed by atoms with Gasteiger partial charge in [0.15, 0.2) is 0 Å². The van der Waals surface area contributed by atoms with E-state index in [0.717, 1.165) is 0 Å². The van der Waals surface area contributed by atoms with Gasteiger partial charge >= 0.3 is 0 Å². The first-order valence-corrected chi connectivity index (χ1v) is 7.87. The Kier molecular flexibility index (Phi) is 5.16. The van der Waals surface area contributed by atoms with Crippen molar-refractivity contribution in [1.82, 2.24) is 15.6 Å². The van der Waals surface area contributed by atoms with Crippen molar-refractivity contribution in [2.45, 2.75) is 6.17 Å². The normalized spacial score (nSPS) is 10.3. The quantitative estimate of drug-likeness (QED) is 0.706. The average molecular weight is 331 g/mol. The molecule has 124 valence electrons. The van der Waals surface area contributed by atoms with Gasteiger partial charge in [-0.15, -0.1) is 0 Å². The minimum absolute atomic E-state index is 0.287. The predicted octanol–water partition coefficient (Wildman–Crippen LogP) is 2.94. The molecule has 5 nitrogen and oxygen atoms in total. The molecule has 3 rings (SSSR count). The molecule has 0 spiro atoms. The maximum atomic E-state index is 12.5. The van der Waals surface area contributed by atoms with Crippen LogP contribution >= 0.6 is 0 Å². The zero-order chi connectivity index (χ0) is 17.5. The number of nitrogens with one attached hydrogen (secondary N) is 2. The highest BCUT2D eigenvalue weighted by Crippen LogP contribution is 2.10. The lowest BCUT2D eigenvalue weighted by Gasteiger charge is -2.20. The lowest BCUT2D eigenvalue weighted by Crippen LogP contribution is -2.41. The molecule has 0 aliphatic rings. The third-order valence-corrected chi connectivity index (χ3v) is 3.61. The molecular weight excluding hydrogens is 314 g/mol. The third kappa shape index (κ3) is 4.29. The molecule has 0 saturated carbocycles. The van der Waals surface area contributed by atoms with Gasteiger partial charge in [-0.3, -0.25) is 14.6 Å². The highest BCUT2D eigenvalue weighted by atomic mass is 16.2. The smallest absolute Gasteiger partial charge is 0.253 e. The van der Waals surface area contributed by atoms with Crippen LogP contribution in [0.15, 0.2) is 85.1 Å². The van der Waals surface area contributed by atoms with Gasteiger partial charge in [-0.05, 0) is 36.4 Å². The lowest BCUT2D eigenvalue weighted by molar-refractivity contribution is 0.0881. The summed E-state index contributed by atoms with van der Waals surface area (Å²) < 4.78 is 0. The Morgan fingerprint density at radius 3 is 1.60 bits per heavy atom. The zero-order valence-corrected chi connectivity index (χ0v) is 13.4. The van der Waals surface area contributed by atoms with Crippen LogP contribution in [0.4, 0.5) is 0 Å². The fourth-order valence-electron chi connectivity index (χ4n) is 2.34. The monoisotopic (exact) mass is 331 g/mol. The average Bonchev–Trinajstić information content (AvgIpc) is 2.69. The summed E-state index contributed by atoms with van der Waals surface area (Å²) >= 11 is 0. The second-order valence-electron chi connectivity index (χ2n) is 5.37. The van der Waals surface area contributed by atoms with Gasteiger partial charge in [0.25, 0.3) is 11.8 Å². The van der Waals surface area contributed by atoms with Crippen molar-refractivity contribution in [3.05, 3.63) is 102 Å². The van der Waals surface area contributed by atoms with E-state index < -0.39 is 6.17 Å². The van der Waals surface area contributed by atoms with E-state index >= 15 is 0 Å². The van der Waals surface area contributed by atoms with Gasteiger partial charge in [-0.25, -0.2) is 0 Å². The molecule has 2 N–H and O–H groups in total. The standard InChI is InChI=1S/C20H17N3O2/c24-19(15-9-3-1-4-10-15)22-18(17-13-7-8-14-21-17)23-20(25)16-11-5-2-6-12-16/h1-14,18H,(H,22,24)(H,23,25). The van der Waals surface area contributed by atoms with Crippen molar-refractivity contribution < 1.29 is 9.59 Å². The molecule has 0 aliphatic carbocycles. The van der Waals surface area contributed by atoms with Crippen LogP contribution in [0.2, 0.25) is 0 Å². The number of benzene rings is 2. The van der Waals surface area contributed by atoms with E-state index in [2.05, 4.69) is 15.6 Å². The third-order valence-electron chi connectivity index (χ3n) is 3.61. The van der Waals surface area contributed by atoms with E-state index in [1.807, 2.05) is 12.1 Å². The SMILES string of the molecule is O=C(NC(NC(=O)c1ccccc1)c1ccccn1)c1ccccc1. The second-order valence-corrected chi connectivity index (χ2v) is 5.37. The number of nitrogens with zero attached hydrogens (tertiary/aromatic N) is 1. The molecule has 3 aromatic rings. The van der Waals surface area contributed by atoms with Crippen LogP contribution in [0.25, 0.3) is 0 Å². The highest BCUT2D eigenvalue weighted by Gasteiger charge is 2.19. The summed E-state index contributed by atoms with van der Waals surface area (Å²) in [5.41, 5.74) is 1.57. The molecule has 5 heteroatoms. The molecule has 2 aromatic carbocycles. The van der Waals surface area contributed by atoms with Crippen LogP contribution in [0.5, 0.6) is 0 Å². The Bertz CT molecular complexity index is 783. The molecule has 0 fully saturated rings. The van der Waals surface area contributed by atoms with Gasteiger partial charge in [-0.1, -0.05) is 42.5 Å². The van der Waals surface area contributed by atoms with Crippen LogP contribution in [-0.2, 0) is 0 Å². The molecule has 0 atom stereocenters. The summed E-state index contributed by atoms with van der Waals surface area (Å²) in [4.78, 5) is 29.2. The van der Waals surface area contributed by atoms with E-state index in [-0.39, 0.29) is 11.8 Å². The summed E-state index contributed by atoms with van der Waals surface area (Å²) in [6.07, 6.45) is 0.882. The molecule has 0 aliphatic heterocycles. The van der Waals surface area contributed by atoms with Gasteiger partial charge in [-0.2, -0.15) is 0 Å². The number of aromatic nitrogens is 1. The number of carbonyl (C=O) groups excluding carboxylic acids is 2. The van der Waals surface area contributed by atoms with Crippen LogP contribution in [0.3, 0.4) is 0 Å². The Labute approximate surface area is 145 Å². The summed E-state index contributed by atoms with van der Waals surface area (Å²) in [6.45, 7) is 0. The molecule has 25 heavy (non-hydrogen) atoms. The molecule has 2 amide bonds. The highest BCUT2D eigenvalue weighted by molar-refractivity contribution is 5.96. The van der Waals surface area contributed by atoms with Crippen molar-refractivity contribution in [3.8, 4) is 0 Å². The van der Waals surface area contributed by atoms with Gasteiger partial charge in [0.05, 0.1) is 5.69 Å². The lowest BCUT2D eigenvalue weighted by atomic mass is 10.2. The summed E-state index contributed by atoms with van der Waals surface area (Å²) in [6, 6.07) is 23.0. The molecule has 0 bridgehead atoms. The number of amides is 2. The Balaban J connectivity index is 1.81. The minimum Gasteiger partial charge on any atom is -0.327 e. The number of carbonyl (C=O) groups is 2. The van der Waals surface area contributed by atoms with Crippen LogP contribution in [0, 0.1) is 0 Å². The van der Waals surface area contributed by atoms with E-state index in [0.29, 0.717) is 16.8 Å². The minimum atomic E-state index is -0.735. The zero-order valence-electron chi connectivity index (χ0n) is 13.4.